The molecular weight excluding hydrogens is 400 g/mol. The number of carbonyl (C=O) groups excluding carboxylic acids is 3. The summed E-state index contributed by atoms with van der Waals surface area (Å²) >= 11 is 0. The van der Waals surface area contributed by atoms with Crippen molar-refractivity contribution < 1.29 is 23.5 Å². The molecule has 0 bridgehead atoms. The first kappa shape index (κ1) is 21.8. The lowest BCUT2D eigenvalue weighted by molar-refractivity contribution is -0.143. The molecule has 2 amide bonds. The second-order valence-electron chi connectivity index (χ2n) is 7.13. The van der Waals surface area contributed by atoms with E-state index in [1.54, 1.807) is 24.3 Å². The molecule has 0 atom stereocenters. The molecule has 1 heterocycles. The standard InChI is InChI=1S/C23H22N2O6/c1-13-4-5-16(8-14(13)2)23(29)24-11-22(28)30-12-17-9-21(27)31-20-10-18(25-15(3)26)6-7-19(17)20/h4-10H,11-12H2,1-3H3,(H,24,29)(H,25,26). The predicted octanol–water partition coefficient (Wildman–Crippen LogP) is 2.84. The van der Waals surface area contributed by atoms with E-state index in [1.165, 1.54) is 19.1 Å². The fourth-order valence-electron chi connectivity index (χ4n) is 2.98. The van der Waals surface area contributed by atoms with Gasteiger partial charge in [0.2, 0.25) is 5.91 Å². The number of esters is 1. The molecule has 1 aromatic heterocycles. The number of hydrogen-bond donors (Lipinski definition) is 2. The van der Waals surface area contributed by atoms with Crippen molar-refractivity contribution in [3.63, 3.8) is 0 Å². The maximum atomic E-state index is 12.2. The van der Waals surface area contributed by atoms with Crippen LogP contribution in [0.1, 0.15) is 34.0 Å². The summed E-state index contributed by atoms with van der Waals surface area (Å²) in [6.45, 7) is 4.75. The van der Waals surface area contributed by atoms with Crippen molar-refractivity contribution in [3.05, 3.63) is 75.1 Å². The zero-order chi connectivity index (χ0) is 22.5. The second-order valence-corrected chi connectivity index (χ2v) is 7.13. The minimum Gasteiger partial charge on any atom is -0.459 e. The van der Waals surface area contributed by atoms with E-state index in [2.05, 4.69) is 10.6 Å². The van der Waals surface area contributed by atoms with Gasteiger partial charge in [0.15, 0.2) is 0 Å². The zero-order valence-electron chi connectivity index (χ0n) is 17.4. The molecule has 0 radical (unpaired) electrons. The van der Waals surface area contributed by atoms with E-state index in [-0.39, 0.29) is 30.5 Å². The Hall–Kier alpha value is -3.94. The normalized spacial score (nSPS) is 10.5. The number of nitrogens with one attached hydrogen (secondary N) is 2. The Morgan fingerprint density at radius 1 is 1.00 bits per heavy atom. The highest BCUT2D eigenvalue weighted by Crippen LogP contribution is 2.22. The van der Waals surface area contributed by atoms with Gasteiger partial charge in [0.05, 0.1) is 0 Å². The summed E-state index contributed by atoms with van der Waals surface area (Å²) in [5, 5.41) is 5.70. The Kier molecular flexibility index (Phi) is 6.49. The van der Waals surface area contributed by atoms with Crippen molar-refractivity contribution >= 4 is 34.4 Å². The van der Waals surface area contributed by atoms with Gasteiger partial charge in [-0.05, 0) is 49.2 Å². The quantitative estimate of drug-likeness (QED) is 0.466. The number of rotatable bonds is 6. The molecule has 0 spiro atoms. The van der Waals surface area contributed by atoms with Crippen LogP contribution >= 0.6 is 0 Å². The first-order valence-corrected chi connectivity index (χ1v) is 9.58. The molecule has 0 aliphatic heterocycles. The van der Waals surface area contributed by atoms with Crippen LogP contribution < -0.4 is 16.3 Å². The molecule has 0 saturated heterocycles. The molecule has 8 heteroatoms. The van der Waals surface area contributed by atoms with Gasteiger partial charge < -0.3 is 19.8 Å². The maximum Gasteiger partial charge on any atom is 0.336 e. The van der Waals surface area contributed by atoms with Crippen LogP contribution in [0, 0.1) is 13.8 Å². The summed E-state index contributed by atoms with van der Waals surface area (Å²) < 4.78 is 10.4. The molecule has 0 aliphatic rings. The van der Waals surface area contributed by atoms with Gasteiger partial charge >= 0.3 is 11.6 Å². The summed E-state index contributed by atoms with van der Waals surface area (Å²) in [5.41, 5.74) is 3.08. The Morgan fingerprint density at radius 2 is 1.77 bits per heavy atom. The molecule has 2 aromatic carbocycles. The van der Waals surface area contributed by atoms with Crippen LogP contribution in [0.5, 0.6) is 0 Å². The molecule has 0 aliphatic carbocycles. The summed E-state index contributed by atoms with van der Waals surface area (Å²) in [7, 11) is 0. The minimum atomic E-state index is -0.645. The lowest BCUT2D eigenvalue weighted by atomic mass is 10.1. The van der Waals surface area contributed by atoms with Crippen LogP contribution in [0.15, 0.2) is 51.7 Å². The predicted molar refractivity (Wildman–Crippen MR) is 115 cm³/mol. The first-order chi connectivity index (χ1) is 14.7. The number of ether oxygens (including phenoxy) is 1. The highest BCUT2D eigenvalue weighted by Gasteiger charge is 2.12. The molecule has 3 rings (SSSR count). The highest BCUT2D eigenvalue weighted by atomic mass is 16.5. The van der Waals surface area contributed by atoms with Crippen LogP contribution in [0.2, 0.25) is 0 Å². The van der Waals surface area contributed by atoms with Gasteiger partial charge in [0, 0.05) is 41.3 Å². The lowest BCUT2D eigenvalue weighted by Gasteiger charge is -2.10. The van der Waals surface area contributed by atoms with Gasteiger partial charge in [0.25, 0.3) is 5.91 Å². The average Bonchev–Trinajstić information content (AvgIpc) is 2.71. The van der Waals surface area contributed by atoms with E-state index in [0.717, 1.165) is 11.1 Å². The van der Waals surface area contributed by atoms with Crippen LogP contribution in [0.4, 0.5) is 5.69 Å². The van der Waals surface area contributed by atoms with E-state index in [0.29, 0.717) is 22.2 Å². The number of benzene rings is 2. The third-order valence-electron chi connectivity index (χ3n) is 4.70. The molecule has 8 nitrogen and oxygen atoms in total. The Morgan fingerprint density at radius 3 is 2.48 bits per heavy atom. The van der Waals surface area contributed by atoms with Crippen molar-refractivity contribution in [1.29, 1.82) is 0 Å². The van der Waals surface area contributed by atoms with Crippen LogP contribution in [0.25, 0.3) is 11.0 Å². The van der Waals surface area contributed by atoms with E-state index in [1.807, 2.05) is 19.9 Å². The van der Waals surface area contributed by atoms with Gasteiger partial charge in [-0.1, -0.05) is 6.07 Å². The van der Waals surface area contributed by atoms with Crippen LogP contribution in [-0.2, 0) is 20.9 Å². The number of hydrogen-bond acceptors (Lipinski definition) is 6. The molecule has 31 heavy (non-hydrogen) atoms. The minimum absolute atomic E-state index is 0.167. The van der Waals surface area contributed by atoms with Gasteiger partial charge in [-0.25, -0.2) is 4.79 Å². The van der Waals surface area contributed by atoms with Crippen molar-refractivity contribution in [2.45, 2.75) is 27.4 Å². The number of carbonyl (C=O) groups is 3. The van der Waals surface area contributed by atoms with E-state index in [9.17, 15) is 19.2 Å². The fraction of sp³-hybridized carbons (Fsp3) is 0.217. The molecular formula is C23H22N2O6. The molecule has 2 N–H and O–H groups in total. The number of amides is 2. The second kappa shape index (κ2) is 9.25. The SMILES string of the molecule is CC(=O)Nc1ccc2c(COC(=O)CNC(=O)c3ccc(C)c(C)c3)cc(=O)oc2c1. The topological polar surface area (TPSA) is 115 Å². The summed E-state index contributed by atoms with van der Waals surface area (Å²) in [6.07, 6.45) is 0. The molecule has 0 saturated carbocycles. The molecule has 160 valence electrons. The van der Waals surface area contributed by atoms with Gasteiger partial charge in [-0.3, -0.25) is 14.4 Å². The van der Waals surface area contributed by atoms with Crippen LogP contribution in [-0.4, -0.2) is 24.3 Å². The smallest absolute Gasteiger partial charge is 0.336 e. The summed E-state index contributed by atoms with van der Waals surface area (Å²) in [4.78, 5) is 47.4. The van der Waals surface area contributed by atoms with Gasteiger partial charge in [-0.2, -0.15) is 0 Å². The van der Waals surface area contributed by atoms with Gasteiger partial charge in [0.1, 0.15) is 18.7 Å². The van der Waals surface area contributed by atoms with Crippen molar-refractivity contribution in [1.82, 2.24) is 5.32 Å². The molecule has 3 aromatic rings. The fourth-order valence-corrected chi connectivity index (χ4v) is 2.98. The van der Waals surface area contributed by atoms with E-state index >= 15 is 0 Å². The summed E-state index contributed by atoms with van der Waals surface area (Å²) in [5.74, 6) is -1.28. The van der Waals surface area contributed by atoms with E-state index in [4.69, 9.17) is 9.15 Å². The zero-order valence-corrected chi connectivity index (χ0v) is 17.4. The average molecular weight is 422 g/mol. The van der Waals surface area contributed by atoms with Crippen molar-refractivity contribution in [2.24, 2.45) is 0 Å². The van der Waals surface area contributed by atoms with Crippen LogP contribution in [0.3, 0.4) is 0 Å². The lowest BCUT2D eigenvalue weighted by Crippen LogP contribution is -2.30. The Labute approximate surface area is 178 Å². The largest absolute Gasteiger partial charge is 0.459 e. The Balaban J connectivity index is 1.64. The van der Waals surface area contributed by atoms with E-state index < -0.39 is 11.6 Å². The monoisotopic (exact) mass is 422 g/mol. The number of aryl methyl sites for hydroxylation is 2. The third-order valence-corrected chi connectivity index (χ3v) is 4.70. The highest BCUT2D eigenvalue weighted by molar-refractivity contribution is 5.96. The molecule has 0 unspecified atom stereocenters. The molecule has 0 fully saturated rings. The number of fused-ring (bicyclic) bond motifs is 1. The van der Waals surface area contributed by atoms with Crippen molar-refractivity contribution in [3.8, 4) is 0 Å². The van der Waals surface area contributed by atoms with Crippen molar-refractivity contribution in [2.75, 3.05) is 11.9 Å². The third kappa shape index (κ3) is 5.57. The number of anilines is 1. The Bertz CT molecular complexity index is 1230. The van der Waals surface area contributed by atoms with Gasteiger partial charge in [-0.15, -0.1) is 0 Å². The summed E-state index contributed by atoms with van der Waals surface area (Å²) in [6, 6.07) is 11.3. The first-order valence-electron chi connectivity index (χ1n) is 9.58. The maximum absolute atomic E-state index is 12.2.